The van der Waals surface area contributed by atoms with Crippen LogP contribution in [0.15, 0.2) is 42.5 Å². The van der Waals surface area contributed by atoms with Gasteiger partial charge in [0.05, 0.1) is 15.7 Å². The zero-order valence-corrected chi connectivity index (χ0v) is 18.3. The molecule has 0 atom stereocenters. The maximum absolute atomic E-state index is 12.3. The Morgan fingerprint density at radius 3 is 2.17 bits per heavy atom. The molecule has 0 aromatic heterocycles. The molecule has 2 rings (SSSR count). The summed E-state index contributed by atoms with van der Waals surface area (Å²) in [5, 5.41) is 6.68. The topological polar surface area (TPSA) is 61.4 Å². The molecule has 29 heavy (non-hydrogen) atoms. The number of amides is 2. The summed E-state index contributed by atoms with van der Waals surface area (Å²) in [5.74, 6) is -0.0236. The first-order valence-electron chi connectivity index (χ1n) is 9.70. The average Bonchev–Trinajstić information content (AvgIpc) is 2.72. The summed E-state index contributed by atoms with van der Waals surface area (Å²) >= 11 is 12.5. The molecule has 0 radical (unpaired) electrons. The summed E-state index contributed by atoms with van der Waals surface area (Å²) in [4.78, 5) is 25.3. The van der Waals surface area contributed by atoms with Gasteiger partial charge in [-0.15, -0.1) is 0 Å². The van der Waals surface area contributed by atoms with Crippen LogP contribution >= 0.6 is 23.2 Å². The third-order valence-corrected chi connectivity index (χ3v) is 5.29. The molecule has 0 fully saturated rings. The van der Waals surface area contributed by atoms with E-state index in [0.29, 0.717) is 28.6 Å². The van der Waals surface area contributed by atoms with Gasteiger partial charge in [0.25, 0.3) is 5.91 Å². The van der Waals surface area contributed by atoms with E-state index in [1.807, 2.05) is 24.1 Å². The molecule has 5 nitrogen and oxygen atoms in total. The predicted molar refractivity (Wildman–Crippen MR) is 120 cm³/mol. The summed E-state index contributed by atoms with van der Waals surface area (Å²) < 4.78 is 0. The molecule has 0 aliphatic carbocycles. The Balaban J connectivity index is 1.81. The Kier molecular flexibility index (Phi) is 9.29. The molecular formula is C22H27Cl2N3O2. The first-order valence-corrected chi connectivity index (χ1v) is 10.5. The van der Waals surface area contributed by atoms with E-state index in [2.05, 4.69) is 10.6 Å². The van der Waals surface area contributed by atoms with Crippen LogP contribution in [0.1, 0.15) is 42.5 Å². The van der Waals surface area contributed by atoms with E-state index >= 15 is 0 Å². The van der Waals surface area contributed by atoms with E-state index in [4.69, 9.17) is 23.2 Å². The molecule has 0 aliphatic heterocycles. The van der Waals surface area contributed by atoms with E-state index in [-0.39, 0.29) is 11.8 Å². The number of para-hydroxylation sites is 1. The normalized spacial score (nSPS) is 10.5. The second kappa shape index (κ2) is 11.7. The van der Waals surface area contributed by atoms with Crippen molar-refractivity contribution in [3.8, 4) is 0 Å². The molecule has 2 aromatic rings. The van der Waals surface area contributed by atoms with Crippen LogP contribution < -0.4 is 15.5 Å². The van der Waals surface area contributed by atoms with Crippen LogP contribution in [0.4, 0.5) is 11.4 Å². The fraction of sp³-hybridized carbons (Fsp3) is 0.364. The summed E-state index contributed by atoms with van der Waals surface area (Å²) in [6.07, 6.45) is 4.29. The lowest BCUT2D eigenvalue weighted by Gasteiger charge is -2.22. The Morgan fingerprint density at radius 1 is 0.931 bits per heavy atom. The van der Waals surface area contributed by atoms with Crippen molar-refractivity contribution < 1.29 is 9.59 Å². The molecule has 0 unspecified atom stereocenters. The number of nitrogens with zero attached hydrogens (tertiary/aromatic N) is 1. The number of carbonyl (C=O) groups is 2. The SMILES string of the molecule is CNC(=O)CCCCCCNC(=O)c1ccc(N(C)c2c(Cl)cccc2Cl)cc1. The summed E-state index contributed by atoms with van der Waals surface area (Å²) in [7, 11) is 3.53. The number of benzene rings is 2. The maximum atomic E-state index is 12.3. The van der Waals surface area contributed by atoms with Gasteiger partial charge >= 0.3 is 0 Å². The van der Waals surface area contributed by atoms with Crippen LogP contribution in [0.25, 0.3) is 0 Å². The van der Waals surface area contributed by atoms with E-state index in [1.165, 1.54) is 0 Å². The van der Waals surface area contributed by atoms with Crippen LogP contribution in [-0.2, 0) is 4.79 Å². The minimum atomic E-state index is -0.0969. The van der Waals surface area contributed by atoms with Crippen molar-refractivity contribution >= 4 is 46.4 Å². The molecule has 0 heterocycles. The van der Waals surface area contributed by atoms with Crippen molar-refractivity contribution in [3.05, 3.63) is 58.1 Å². The number of unbranched alkanes of at least 4 members (excludes halogenated alkanes) is 3. The molecule has 7 heteroatoms. The third kappa shape index (κ3) is 6.94. The lowest BCUT2D eigenvalue weighted by molar-refractivity contribution is -0.120. The molecule has 0 spiro atoms. The highest BCUT2D eigenvalue weighted by Gasteiger charge is 2.13. The van der Waals surface area contributed by atoms with Gasteiger partial charge in [-0.25, -0.2) is 0 Å². The first kappa shape index (κ1) is 23.0. The summed E-state index contributed by atoms with van der Waals surface area (Å²) in [6, 6.07) is 12.7. The fourth-order valence-corrected chi connectivity index (χ4v) is 3.62. The minimum Gasteiger partial charge on any atom is -0.359 e. The van der Waals surface area contributed by atoms with Gasteiger partial charge in [-0.05, 0) is 49.2 Å². The van der Waals surface area contributed by atoms with Crippen LogP contribution in [0.3, 0.4) is 0 Å². The van der Waals surface area contributed by atoms with Crippen LogP contribution in [0.5, 0.6) is 0 Å². The van der Waals surface area contributed by atoms with E-state index in [1.54, 1.807) is 37.4 Å². The molecule has 0 bridgehead atoms. The largest absolute Gasteiger partial charge is 0.359 e. The predicted octanol–water partition coefficient (Wildman–Crippen LogP) is 5.19. The van der Waals surface area contributed by atoms with E-state index in [0.717, 1.165) is 37.1 Å². The molecule has 2 aromatic carbocycles. The van der Waals surface area contributed by atoms with Gasteiger partial charge in [-0.1, -0.05) is 42.1 Å². The van der Waals surface area contributed by atoms with Crippen LogP contribution in [0, 0.1) is 0 Å². The first-order chi connectivity index (χ1) is 13.9. The second-order valence-corrected chi connectivity index (χ2v) is 7.58. The fourth-order valence-electron chi connectivity index (χ4n) is 2.97. The maximum Gasteiger partial charge on any atom is 0.251 e. The Morgan fingerprint density at radius 2 is 1.55 bits per heavy atom. The number of halogens is 2. The number of hydrogen-bond donors (Lipinski definition) is 2. The molecule has 2 N–H and O–H groups in total. The third-order valence-electron chi connectivity index (χ3n) is 4.68. The van der Waals surface area contributed by atoms with Gasteiger partial charge < -0.3 is 15.5 Å². The van der Waals surface area contributed by atoms with Gasteiger partial charge in [-0.3, -0.25) is 9.59 Å². The molecule has 0 aliphatic rings. The number of nitrogens with one attached hydrogen (secondary N) is 2. The standard InChI is InChI=1S/C22H27Cl2N3O2/c1-25-20(28)10-5-3-4-6-15-26-22(29)16-11-13-17(14-12-16)27(2)21-18(23)8-7-9-19(21)24/h7-9,11-14H,3-6,10,15H2,1-2H3,(H,25,28)(H,26,29). The lowest BCUT2D eigenvalue weighted by Crippen LogP contribution is -2.24. The van der Waals surface area contributed by atoms with E-state index < -0.39 is 0 Å². The monoisotopic (exact) mass is 435 g/mol. The van der Waals surface area contributed by atoms with Crippen molar-refractivity contribution in [1.82, 2.24) is 10.6 Å². The quantitative estimate of drug-likeness (QED) is 0.504. The summed E-state index contributed by atoms with van der Waals surface area (Å²) in [6.45, 7) is 0.621. The zero-order chi connectivity index (χ0) is 21.2. The van der Waals surface area contributed by atoms with Crippen LogP contribution in [-0.4, -0.2) is 32.5 Å². The lowest BCUT2D eigenvalue weighted by atomic mass is 10.1. The molecule has 0 saturated heterocycles. The van der Waals surface area contributed by atoms with E-state index in [9.17, 15) is 9.59 Å². The second-order valence-electron chi connectivity index (χ2n) is 6.77. The number of anilines is 2. The average molecular weight is 436 g/mol. The number of hydrogen-bond acceptors (Lipinski definition) is 3. The van der Waals surface area contributed by atoms with Gasteiger partial charge in [0.1, 0.15) is 0 Å². The van der Waals surface area contributed by atoms with Crippen LogP contribution in [0.2, 0.25) is 10.0 Å². The highest BCUT2D eigenvalue weighted by atomic mass is 35.5. The molecule has 2 amide bonds. The Labute approximate surface area is 182 Å². The molecular weight excluding hydrogens is 409 g/mol. The number of rotatable bonds is 10. The minimum absolute atomic E-state index is 0.0733. The van der Waals surface area contributed by atoms with Crippen molar-refractivity contribution in [2.45, 2.75) is 32.1 Å². The molecule has 0 saturated carbocycles. The van der Waals surface area contributed by atoms with Crippen molar-refractivity contribution in [3.63, 3.8) is 0 Å². The Hall–Kier alpha value is -2.24. The van der Waals surface area contributed by atoms with Gasteiger partial charge in [0.2, 0.25) is 5.91 Å². The highest BCUT2D eigenvalue weighted by molar-refractivity contribution is 6.39. The Bertz CT molecular complexity index is 805. The number of carbonyl (C=O) groups excluding carboxylic acids is 2. The van der Waals surface area contributed by atoms with Gasteiger partial charge in [0.15, 0.2) is 0 Å². The van der Waals surface area contributed by atoms with Crippen molar-refractivity contribution in [2.24, 2.45) is 0 Å². The summed E-state index contributed by atoms with van der Waals surface area (Å²) in [5.41, 5.74) is 2.21. The smallest absolute Gasteiger partial charge is 0.251 e. The molecule has 156 valence electrons. The highest BCUT2D eigenvalue weighted by Crippen LogP contribution is 2.36. The zero-order valence-electron chi connectivity index (χ0n) is 16.8. The van der Waals surface area contributed by atoms with Gasteiger partial charge in [-0.2, -0.15) is 0 Å². The van der Waals surface area contributed by atoms with Crippen molar-refractivity contribution in [1.29, 1.82) is 0 Å². The van der Waals surface area contributed by atoms with Gasteiger partial charge in [0, 0.05) is 38.3 Å². The van der Waals surface area contributed by atoms with Crippen molar-refractivity contribution in [2.75, 3.05) is 25.5 Å².